The second kappa shape index (κ2) is 8.07. The predicted octanol–water partition coefficient (Wildman–Crippen LogP) is 1.02. The Labute approximate surface area is 130 Å². The summed E-state index contributed by atoms with van der Waals surface area (Å²) in [6.45, 7) is 4.10. The Kier molecular flexibility index (Phi) is 6.40. The van der Waals surface area contributed by atoms with Crippen LogP contribution in [-0.2, 0) is 25.4 Å². The third kappa shape index (κ3) is 6.29. The van der Waals surface area contributed by atoms with Crippen molar-refractivity contribution in [2.75, 3.05) is 39.5 Å². The van der Waals surface area contributed by atoms with E-state index in [1.807, 2.05) is 0 Å². The van der Waals surface area contributed by atoms with E-state index in [9.17, 15) is 8.42 Å². The number of benzene rings is 1. The van der Waals surface area contributed by atoms with Crippen LogP contribution in [0.2, 0.25) is 5.02 Å². The first-order chi connectivity index (χ1) is 10.1. The van der Waals surface area contributed by atoms with Gasteiger partial charge in [0.25, 0.3) is 0 Å². The zero-order chi connectivity index (χ0) is 15.1. The minimum absolute atomic E-state index is 0.137. The quantitative estimate of drug-likeness (QED) is 0.595. The van der Waals surface area contributed by atoms with E-state index in [0.717, 1.165) is 13.1 Å². The summed E-state index contributed by atoms with van der Waals surface area (Å²) in [6.07, 6.45) is 0. The van der Waals surface area contributed by atoms with Gasteiger partial charge in [0.1, 0.15) is 0 Å². The van der Waals surface area contributed by atoms with Gasteiger partial charge in [-0.15, -0.1) is 0 Å². The molecule has 1 fully saturated rings. The molecule has 0 amide bonds. The highest BCUT2D eigenvalue weighted by Crippen LogP contribution is 2.11. The molecule has 8 heteroatoms. The molecule has 1 saturated heterocycles. The maximum atomic E-state index is 11.8. The second-order valence-electron chi connectivity index (χ2n) is 4.77. The maximum Gasteiger partial charge on any atom is 0.237 e. The standard InChI is InChI=1S/C13H19ClN2O4S/c14-13-3-1-12(2-4-13)11-21(17,18)15-20-10-7-16-5-8-19-9-6-16/h1-4,15H,5-11H2. The lowest BCUT2D eigenvalue weighted by Crippen LogP contribution is -2.39. The summed E-state index contributed by atoms with van der Waals surface area (Å²) in [7, 11) is -3.51. The van der Waals surface area contributed by atoms with Crippen molar-refractivity contribution in [3.63, 3.8) is 0 Å². The van der Waals surface area contributed by atoms with Gasteiger partial charge >= 0.3 is 0 Å². The van der Waals surface area contributed by atoms with Crippen LogP contribution in [0.15, 0.2) is 24.3 Å². The molecule has 0 unspecified atom stereocenters. The van der Waals surface area contributed by atoms with E-state index in [2.05, 4.69) is 9.79 Å². The minimum Gasteiger partial charge on any atom is -0.379 e. The molecule has 1 heterocycles. The highest BCUT2D eigenvalue weighted by atomic mass is 35.5. The Hall–Kier alpha value is -0.700. The van der Waals surface area contributed by atoms with E-state index in [0.29, 0.717) is 37.0 Å². The minimum atomic E-state index is -3.51. The molecular weight excluding hydrogens is 316 g/mol. The van der Waals surface area contributed by atoms with Crippen molar-refractivity contribution in [1.29, 1.82) is 0 Å². The molecule has 0 aliphatic carbocycles. The molecule has 118 valence electrons. The third-order valence-corrected chi connectivity index (χ3v) is 4.41. The summed E-state index contributed by atoms with van der Waals surface area (Å²) in [5, 5.41) is 0.575. The van der Waals surface area contributed by atoms with Gasteiger partial charge in [-0.05, 0) is 17.7 Å². The third-order valence-electron chi connectivity index (χ3n) is 3.07. The Bertz CT molecular complexity index is 530. The smallest absolute Gasteiger partial charge is 0.237 e. The SMILES string of the molecule is O=S(=O)(Cc1ccc(Cl)cc1)NOCCN1CCOCC1. The van der Waals surface area contributed by atoms with Crippen molar-refractivity contribution >= 4 is 21.6 Å². The van der Waals surface area contributed by atoms with Crippen molar-refractivity contribution in [3.8, 4) is 0 Å². The molecule has 0 atom stereocenters. The highest BCUT2D eigenvalue weighted by molar-refractivity contribution is 7.88. The van der Waals surface area contributed by atoms with Crippen LogP contribution in [0, 0.1) is 0 Å². The molecule has 0 saturated carbocycles. The summed E-state index contributed by atoms with van der Waals surface area (Å²) in [4.78, 5) is 9.36. The van der Waals surface area contributed by atoms with E-state index < -0.39 is 10.0 Å². The molecule has 1 aromatic carbocycles. The number of ether oxygens (including phenoxy) is 1. The lowest BCUT2D eigenvalue weighted by Gasteiger charge is -2.26. The van der Waals surface area contributed by atoms with Crippen LogP contribution < -0.4 is 4.89 Å². The topological polar surface area (TPSA) is 67.9 Å². The fourth-order valence-corrected chi connectivity index (χ4v) is 3.04. The molecule has 1 aliphatic heterocycles. The van der Waals surface area contributed by atoms with E-state index in [1.165, 1.54) is 0 Å². The number of nitrogens with one attached hydrogen (secondary N) is 1. The van der Waals surface area contributed by atoms with Crippen LogP contribution in [0.4, 0.5) is 0 Å². The van der Waals surface area contributed by atoms with Gasteiger partial charge in [-0.2, -0.15) is 0 Å². The van der Waals surface area contributed by atoms with Crippen molar-refractivity contribution in [2.45, 2.75) is 5.75 Å². The van der Waals surface area contributed by atoms with Crippen molar-refractivity contribution in [3.05, 3.63) is 34.9 Å². The number of rotatable bonds is 7. The predicted molar refractivity (Wildman–Crippen MR) is 80.4 cm³/mol. The fraction of sp³-hybridized carbons (Fsp3) is 0.538. The van der Waals surface area contributed by atoms with Gasteiger partial charge < -0.3 is 4.74 Å². The maximum absolute atomic E-state index is 11.8. The molecule has 0 bridgehead atoms. The number of morpholine rings is 1. The average molecular weight is 335 g/mol. The zero-order valence-electron chi connectivity index (χ0n) is 11.6. The fourth-order valence-electron chi connectivity index (χ4n) is 1.96. The van der Waals surface area contributed by atoms with Gasteiger partial charge in [-0.25, -0.2) is 8.42 Å². The van der Waals surface area contributed by atoms with Crippen LogP contribution in [-0.4, -0.2) is 52.8 Å². The summed E-state index contributed by atoms with van der Waals surface area (Å²) < 4.78 is 28.9. The lowest BCUT2D eigenvalue weighted by molar-refractivity contribution is 0.0125. The van der Waals surface area contributed by atoms with E-state index in [-0.39, 0.29) is 5.75 Å². The zero-order valence-corrected chi connectivity index (χ0v) is 13.2. The number of hydrogen-bond acceptors (Lipinski definition) is 5. The number of nitrogens with zero attached hydrogens (tertiary/aromatic N) is 1. The summed E-state index contributed by atoms with van der Waals surface area (Å²) in [6, 6.07) is 6.67. The van der Waals surface area contributed by atoms with Crippen LogP contribution in [0.1, 0.15) is 5.56 Å². The van der Waals surface area contributed by atoms with E-state index >= 15 is 0 Å². The molecule has 2 rings (SSSR count). The Morgan fingerprint density at radius 3 is 2.57 bits per heavy atom. The van der Waals surface area contributed by atoms with Gasteiger partial charge in [0.15, 0.2) is 0 Å². The van der Waals surface area contributed by atoms with Crippen molar-refractivity contribution in [1.82, 2.24) is 9.79 Å². The molecule has 1 aromatic rings. The summed E-state index contributed by atoms with van der Waals surface area (Å²) in [5.41, 5.74) is 0.656. The normalized spacial score (nSPS) is 17.0. The highest BCUT2D eigenvalue weighted by Gasteiger charge is 2.13. The van der Waals surface area contributed by atoms with Crippen LogP contribution in [0.5, 0.6) is 0 Å². The molecule has 0 radical (unpaired) electrons. The van der Waals surface area contributed by atoms with Gasteiger partial charge in [0.05, 0.1) is 25.6 Å². The first kappa shape index (κ1) is 16.7. The van der Waals surface area contributed by atoms with Gasteiger partial charge in [0, 0.05) is 24.7 Å². The summed E-state index contributed by atoms with van der Waals surface area (Å²) in [5.74, 6) is -0.137. The molecule has 6 nitrogen and oxygen atoms in total. The monoisotopic (exact) mass is 334 g/mol. The Morgan fingerprint density at radius 1 is 1.24 bits per heavy atom. The first-order valence-corrected chi connectivity index (χ1v) is 8.74. The van der Waals surface area contributed by atoms with E-state index in [4.69, 9.17) is 21.2 Å². The molecular formula is C13H19ClN2O4S. The largest absolute Gasteiger partial charge is 0.379 e. The second-order valence-corrected chi connectivity index (χ2v) is 6.89. The van der Waals surface area contributed by atoms with Crippen LogP contribution >= 0.6 is 11.6 Å². The van der Waals surface area contributed by atoms with Gasteiger partial charge in [-0.3, -0.25) is 9.74 Å². The van der Waals surface area contributed by atoms with Gasteiger partial charge in [0.2, 0.25) is 10.0 Å². The average Bonchev–Trinajstić information content (AvgIpc) is 2.47. The lowest BCUT2D eigenvalue weighted by atomic mass is 10.2. The van der Waals surface area contributed by atoms with Crippen LogP contribution in [0.25, 0.3) is 0 Å². The number of hydrogen-bond donors (Lipinski definition) is 1. The van der Waals surface area contributed by atoms with E-state index in [1.54, 1.807) is 24.3 Å². The van der Waals surface area contributed by atoms with Gasteiger partial charge in [-0.1, -0.05) is 28.6 Å². The molecule has 1 aliphatic rings. The number of halogens is 1. The Balaban J connectivity index is 1.69. The van der Waals surface area contributed by atoms with Crippen molar-refractivity contribution < 1.29 is 18.0 Å². The first-order valence-electron chi connectivity index (χ1n) is 6.71. The van der Waals surface area contributed by atoms with Crippen LogP contribution in [0.3, 0.4) is 0 Å². The molecule has 21 heavy (non-hydrogen) atoms. The molecule has 0 spiro atoms. The van der Waals surface area contributed by atoms with Crippen molar-refractivity contribution in [2.24, 2.45) is 0 Å². The Morgan fingerprint density at radius 2 is 1.90 bits per heavy atom. The number of sulfonamides is 1. The summed E-state index contributed by atoms with van der Waals surface area (Å²) >= 11 is 5.76. The molecule has 0 aromatic heterocycles. The molecule has 1 N–H and O–H groups in total.